The molecule has 0 N–H and O–H groups in total. The van der Waals surface area contributed by atoms with Gasteiger partial charge in [-0.2, -0.15) is 0 Å². The third-order valence-corrected chi connectivity index (χ3v) is 6.92. The van der Waals surface area contributed by atoms with Gasteiger partial charge >= 0.3 is 0 Å². The van der Waals surface area contributed by atoms with Gasteiger partial charge in [0.1, 0.15) is 5.75 Å². The molecule has 0 aliphatic heterocycles. The molecule has 2 nitrogen and oxygen atoms in total. The number of rotatable bonds is 21. The summed E-state index contributed by atoms with van der Waals surface area (Å²) in [5.41, 5.74) is 1.57. The van der Waals surface area contributed by atoms with E-state index in [9.17, 15) is 4.79 Å². The molecule has 0 saturated carbocycles. The van der Waals surface area contributed by atoms with Crippen molar-refractivity contribution >= 4 is 23.5 Å². The Morgan fingerprint density at radius 1 is 0.722 bits per heavy atom. The predicted molar refractivity (Wildman–Crippen MR) is 156 cm³/mol. The molecule has 0 saturated heterocycles. The lowest BCUT2D eigenvalue weighted by Gasteiger charge is -2.07. The van der Waals surface area contributed by atoms with E-state index in [4.69, 9.17) is 16.3 Å². The number of carbonyl (C=O) groups is 1. The van der Waals surface area contributed by atoms with Crippen LogP contribution in [0.4, 0.5) is 0 Å². The molecule has 0 fully saturated rings. The van der Waals surface area contributed by atoms with E-state index >= 15 is 0 Å². The summed E-state index contributed by atoms with van der Waals surface area (Å²) >= 11 is 5.99. The Balaban J connectivity index is 1.43. The normalized spacial score (nSPS) is 11.3. The zero-order chi connectivity index (χ0) is 25.7. The van der Waals surface area contributed by atoms with Crippen LogP contribution in [0.5, 0.6) is 5.75 Å². The highest BCUT2D eigenvalue weighted by Crippen LogP contribution is 2.17. The van der Waals surface area contributed by atoms with Gasteiger partial charge in [0.05, 0.1) is 6.61 Å². The van der Waals surface area contributed by atoms with Crippen molar-refractivity contribution < 1.29 is 9.53 Å². The minimum Gasteiger partial charge on any atom is -0.494 e. The van der Waals surface area contributed by atoms with E-state index in [1.165, 1.54) is 96.3 Å². The quantitative estimate of drug-likeness (QED) is 0.0947. The maximum Gasteiger partial charge on any atom is 0.185 e. The van der Waals surface area contributed by atoms with Gasteiger partial charge in [0.25, 0.3) is 0 Å². The van der Waals surface area contributed by atoms with Gasteiger partial charge < -0.3 is 4.74 Å². The van der Waals surface area contributed by atoms with Gasteiger partial charge in [0, 0.05) is 10.6 Å². The summed E-state index contributed by atoms with van der Waals surface area (Å²) in [4.78, 5) is 12.4. The lowest BCUT2D eigenvalue weighted by molar-refractivity contribution is 0.104. The van der Waals surface area contributed by atoms with Crippen LogP contribution in [-0.4, -0.2) is 12.4 Å². The Labute approximate surface area is 225 Å². The van der Waals surface area contributed by atoms with E-state index in [1.807, 2.05) is 48.5 Å². The van der Waals surface area contributed by atoms with Crippen molar-refractivity contribution in [3.8, 4) is 5.75 Å². The van der Waals surface area contributed by atoms with Crippen molar-refractivity contribution in [2.75, 3.05) is 6.61 Å². The Morgan fingerprint density at radius 2 is 1.25 bits per heavy atom. The smallest absolute Gasteiger partial charge is 0.185 e. The van der Waals surface area contributed by atoms with E-state index in [2.05, 4.69) is 6.92 Å². The first kappa shape index (κ1) is 30.2. The number of hydrogen-bond acceptors (Lipinski definition) is 2. The van der Waals surface area contributed by atoms with Gasteiger partial charge in [0.15, 0.2) is 5.78 Å². The van der Waals surface area contributed by atoms with Crippen molar-refractivity contribution in [2.24, 2.45) is 0 Å². The molecule has 0 amide bonds. The van der Waals surface area contributed by atoms with Crippen LogP contribution in [0, 0.1) is 0 Å². The standard InChI is InChI=1S/C33H47ClO2/c1-2-3-4-5-6-7-8-9-10-11-12-13-14-15-16-17-27-36-32-24-22-30(23-25-32)33(35)26-21-29-19-18-20-31(34)28-29/h18-26,28H,2-17,27H2,1H3. The van der Waals surface area contributed by atoms with Gasteiger partial charge in [-0.1, -0.05) is 133 Å². The third kappa shape index (κ3) is 14.5. The Kier molecular flexibility index (Phi) is 16.8. The minimum atomic E-state index is -0.0284. The summed E-state index contributed by atoms with van der Waals surface area (Å²) in [5.74, 6) is 0.797. The lowest BCUT2D eigenvalue weighted by atomic mass is 10.0. The second-order valence-corrected chi connectivity index (χ2v) is 10.4. The highest BCUT2D eigenvalue weighted by Gasteiger charge is 2.03. The SMILES string of the molecule is CCCCCCCCCCCCCCCCCCOc1ccc(C(=O)C=Cc2cccc(Cl)c2)cc1. The molecule has 0 aliphatic carbocycles. The molecular formula is C33H47ClO2. The average Bonchev–Trinajstić information content (AvgIpc) is 2.89. The Hall–Kier alpha value is -2.06. The number of allylic oxidation sites excluding steroid dienone is 1. The fourth-order valence-electron chi connectivity index (χ4n) is 4.43. The summed E-state index contributed by atoms with van der Waals surface area (Å²) in [5, 5.41) is 0.662. The first-order valence-corrected chi connectivity index (χ1v) is 14.8. The van der Waals surface area contributed by atoms with Crippen molar-refractivity contribution in [3.05, 3.63) is 70.8 Å². The third-order valence-electron chi connectivity index (χ3n) is 6.68. The first-order chi connectivity index (χ1) is 17.7. The second kappa shape index (κ2) is 20.0. The van der Waals surface area contributed by atoms with Crippen LogP contribution >= 0.6 is 11.6 Å². The molecule has 0 spiro atoms. The highest BCUT2D eigenvalue weighted by atomic mass is 35.5. The zero-order valence-electron chi connectivity index (χ0n) is 22.5. The predicted octanol–water partition coefficient (Wildman–Crippen LogP) is 10.9. The molecule has 0 bridgehead atoms. The molecule has 0 unspecified atom stereocenters. The van der Waals surface area contributed by atoms with E-state index in [0.29, 0.717) is 10.6 Å². The van der Waals surface area contributed by atoms with Gasteiger partial charge in [0.2, 0.25) is 0 Å². The van der Waals surface area contributed by atoms with E-state index in [-0.39, 0.29) is 5.78 Å². The van der Waals surface area contributed by atoms with Gasteiger partial charge in [-0.05, 0) is 54.5 Å². The number of ketones is 1. The van der Waals surface area contributed by atoms with E-state index in [0.717, 1.165) is 24.3 Å². The maximum atomic E-state index is 12.4. The van der Waals surface area contributed by atoms with Gasteiger partial charge in [-0.3, -0.25) is 4.79 Å². The summed E-state index contributed by atoms with van der Waals surface area (Å²) in [6.45, 7) is 3.02. The second-order valence-electron chi connectivity index (χ2n) is 9.93. The molecule has 2 aromatic carbocycles. The van der Waals surface area contributed by atoms with Crippen LogP contribution in [0.1, 0.15) is 126 Å². The van der Waals surface area contributed by atoms with E-state index < -0.39 is 0 Å². The van der Waals surface area contributed by atoms with Crippen LogP contribution in [0.2, 0.25) is 5.02 Å². The largest absolute Gasteiger partial charge is 0.494 e. The fourth-order valence-corrected chi connectivity index (χ4v) is 4.63. The Morgan fingerprint density at radius 3 is 1.78 bits per heavy atom. The number of halogens is 1. The van der Waals surface area contributed by atoms with Crippen LogP contribution in [0.15, 0.2) is 54.6 Å². The average molecular weight is 511 g/mol. The summed E-state index contributed by atoms with van der Waals surface area (Å²) in [6, 6.07) is 14.9. The van der Waals surface area contributed by atoms with Crippen molar-refractivity contribution in [3.63, 3.8) is 0 Å². The Bertz CT molecular complexity index is 856. The molecule has 0 aromatic heterocycles. The molecule has 0 heterocycles. The van der Waals surface area contributed by atoms with Crippen LogP contribution < -0.4 is 4.74 Å². The minimum absolute atomic E-state index is 0.0284. The maximum absolute atomic E-state index is 12.4. The van der Waals surface area contributed by atoms with Gasteiger partial charge in [-0.15, -0.1) is 0 Å². The topological polar surface area (TPSA) is 26.3 Å². The molecule has 198 valence electrons. The molecule has 2 aromatic rings. The van der Waals surface area contributed by atoms with Gasteiger partial charge in [-0.25, -0.2) is 0 Å². The molecular weight excluding hydrogens is 464 g/mol. The molecule has 36 heavy (non-hydrogen) atoms. The molecule has 0 aliphatic rings. The number of hydrogen-bond donors (Lipinski definition) is 0. The first-order valence-electron chi connectivity index (χ1n) is 14.4. The molecule has 3 heteroatoms. The summed E-state index contributed by atoms with van der Waals surface area (Å²) in [7, 11) is 0. The van der Waals surface area contributed by atoms with Crippen LogP contribution in [0.25, 0.3) is 6.08 Å². The number of benzene rings is 2. The van der Waals surface area contributed by atoms with Crippen molar-refractivity contribution in [1.82, 2.24) is 0 Å². The van der Waals surface area contributed by atoms with E-state index in [1.54, 1.807) is 12.2 Å². The zero-order valence-corrected chi connectivity index (χ0v) is 23.2. The summed E-state index contributed by atoms with van der Waals surface area (Å²) in [6.07, 6.45) is 25.3. The lowest BCUT2D eigenvalue weighted by Crippen LogP contribution is -1.99. The number of unbranched alkanes of at least 4 members (excludes halogenated alkanes) is 15. The van der Waals surface area contributed by atoms with Crippen molar-refractivity contribution in [1.29, 1.82) is 0 Å². The number of ether oxygens (including phenoxy) is 1. The van der Waals surface area contributed by atoms with Crippen LogP contribution in [-0.2, 0) is 0 Å². The number of carbonyl (C=O) groups excluding carboxylic acids is 1. The molecule has 2 rings (SSSR count). The molecule has 0 atom stereocenters. The monoisotopic (exact) mass is 510 g/mol. The molecule has 0 radical (unpaired) electrons. The highest BCUT2D eigenvalue weighted by molar-refractivity contribution is 6.30. The van der Waals surface area contributed by atoms with Crippen LogP contribution in [0.3, 0.4) is 0 Å². The van der Waals surface area contributed by atoms with Crippen molar-refractivity contribution in [2.45, 2.75) is 110 Å². The summed E-state index contributed by atoms with van der Waals surface area (Å²) < 4.78 is 5.86. The fraction of sp³-hybridized carbons (Fsp3) is 0.545.